The fraction of sp³-hybridized carbons (Fsp3) is 0.500. The lowest BCUT2D eigenvalue weighted by atomic mass is 9.82. The summed E-state index contributed by atoms with van der Waals surface area (Å²) in [5.74, 6) is 0.380. The quantitative estimate of drug-likeness (QED) is 0.792. The van der Waals surface area contributed by atoms with Crippen molar-refractivity contribution < 1.29 is 4.79 Å². The van der Waals surface area contributed by atoms with Crippen LogP contribution in [0.4, 0.5) is 0 Å². The molecule has 1 unspecified atom stereocenters. The van der Waals surface area contributed by atoms with Gasteiger partial charge in [0.2, 0.25) is 0 Å². The molecule has 0 bridgehead atoms. The van der Waals surface area contributed by atoms with E-state index >= 15 is 0 Å². The number of carbonyl (C=O) groups excluding carboxylic acids is 1. The number of benzene rings is 1. The lowest BCUT2D eigenvalue weighted by Gasteiger charge is -2.27. The smallest absolute Gasteiger partial charge is 0.252 e. The molecule has 17 heavy (non-hydrogen) atoms. The van der Waals surface area contributed by atoms with Gasteiger partial charge in [0.15, 0.2) is 0 Å². The van der Waals surface area contributed by atoms with Crippen LogP contribution in [0.2, 0.25) is 0 Å². The standard InChI is InChI=1S/C14H21NOS/c1-10(14(2,3)4)9-15-13(16)11-7-5-6-8-12(11)17/h5-8,10,17H,9H2,1-4H3,(H,15,16). The third-order valence-corrected chi connectivity index (χ3v) is 3.59. The van der Waals surface area contributed by atoms with Crippen molar-refractivity contribution in [3.8, 4) is 0 Å². The van der Waals surface area contributed by atoms with Crippen LogP contribution in [0.15, 0.2) is 29.2 Å². The number of hydrogen-bond donors (Lipinski definition) is 2. The van der Waals surface area contributed by atoms with E-state index in [0.717, 1.165) is 0 Å². The molecule has 2 nitrogen and oxygen atoms in total. The Kier molecular flexibility index (Phi) is 4.63. The zero-order valence-corrected chi connectivity index (χ0v) is 11.8. The molecule has 0 aliphatic carbocycles. The second-order valence-electron chi connectivity index (χ2n) is 5.49. The van der Waals surface area contributed by atoms with Crippen molar-refractivity contribution in [3.63, 3.8) is 0 Å². The van der Waals surface area contributed by atoms with Gasteiger partial charge in [-0.15, -0.1) is 12.6 Å². The number of nitrogens with one attached hydrogen (secondary N) is 1. The molecule has 0 radical (unpaired) electrons. The highest BCUT2D eigenvalue weighted by Gasteiger charge is 2.20. The first-order valence-electron chi connectivity index (χ1n) is 5.88. The van der Waals surface area contributed by atoms with Gasteiger partial charge in [-0.1, -0.05) is 39.8 Å². The molecule has 0 aliphatic heterocycles. The third-order valence-electron chi connectivity index (χ3n) is 3.20. The van der Waals surface area contributed by atoms with Gasteiger partial charge >= 0.3 is 0 Å². The maximum atomic E-state index is 11.9. The highest BCUT2D eigenvalue weighted by molar-refractivity contribution is 7.80. The molecule has 0 fully saturated rings. The first-order chi connectivity index (χ1) is 7.82. The van der Waals surface area contributed by atoms with Gasteiger partial charge in [0.25, 0.3) is 5.91 Å². The number of carbonyl (C=O) groups is 1. The minimum Gasteiger partial charge on any atom is -0.352 e. The van der Waals surface area contributed by atoms with Gasteiger partial charge in [-0.25, -0.2) is 0 Å². The van der Waals surface area contributed by atoms with Crippen LogP contribution in [0, 0.1) is 11.3 Å². The molecule has 1 aromatic rings. The van der Waals surface area contributed by atoms with Crippen LogP contribution in [0.1, 0.15) is 38.1 Å². The second-order valence-corrected chi connectivity index (χ2v) is 5.98. The molecule has 3 heteroatoms. The summed E-state index contributed by atoms with van der Waals surface area (Å²) in [6.45, 7) is 9.36. The lowest BCUT2D eigenvalue weighted by molar-refractivity contribution is 0.0934. The predicted octanol–water partition coefficient (Wildman–Crippen LogP) is 3.39. The van der Waals surface area contributed by atoms with Gasteiger partial charge in [0, 0.05) is 11.4 Å². The van der Waals surface area contributed by atoms with E-state index in [1.165, 1.54) is 0 Å². The summed E-state index contributed by atoms with van der Waals surface area (Å²) < 4.78 is 0. The summed E-state index contributed by atoms with van der Waals surface area (Å²) in [6.07, 6.45) is 0. The van der Waals surface area contributed by atoms with Crippen LogP contribution in [0.3, 0.4) is 0 Å². The SMILES string of the molecule is CC(CNC(=O)c1ccccc1S)C(C)(C)C. The number of thiol groups is 1. The molecule has 0 aromatic heterocycles. The van der Waals surface area contributed by atoms with Crippen molar-refractivity contribution in [1.82, 2.24) is 5.32 Å². The second kappa shape index (κ2) is 5.58. The minimum absolute atomic E-state index is 0.0494. The molecule has 1 atom stereocenters. The Balaban J connectivity index is 2.60. The number of hydrogen-bond acceptors (Lipinski definition) is 2. The summed E-state index contributed by atoms with van der Waals surface area (Å²) in [5.41, 5.74) is 0.838. The van der Waals surface area contributed by atoms with E-state index < -0.39 is 0 Å². The molecule has 1 aromatic carbocycles. The largest absolute Gasteiger partial charge is 0.352 e. The van der Waals surface area contributed by atoms with Crippen molar-refractivity contribution in [1.29, 1.82) is 0 Å². The van der Waals surface area contributed by atoms with E-state index in [0.29, 0.717) is 22.9 Å². The number of amides is 1. The van der Waals surface area contributed by atoms with Crippen LogP contribution in [0.25, 0.3) is 0 Å². The normalized spacial score (nSPS) is 13.2. The van der Waals surface area contributed by atoms with Gasteiger partial charge in [-0.2, -0.15) is 0 Å². The monoisotopic (exact) mass is 251 g/mol. The molecule has 0 heterocycles. The molecule has 1 amide bonds. The predicted molar refractivity (Wildman–Crippen MR) is 74.6 cm³/mol. The van der Waals surface area contributed by atoms with Crippen molar-refractivity contribution in [2.75, 3.05) is 6.54 Å². The average Bonchev–Trinajstić information content (AvgIpc) is 2.24. The van der Waals surface area contributed by atoms with E-state index in [4.69, 9.17) is 0 Å². The van der Waals surface area contributed by atoms with Gasteiger partial charge < -0.3 is 5.32 Å². The Hall–Kier alpha value is -0.960. The van der Waals surface area contributed by atoms with E-state index in [9.17, 15) is 4.79 Å². The Labute approximate surface area is 109 Å². The molecule has 0 aliphatic rings. The Morgan fingerprint density at radius 1 is 1.35 bits per heavy atom. The minimum atomic E-state index is -0.0494. The van der Waals surface area contributed by atoms with Crippen LogP contribution in [-0.4, -0.2) is 12.5 Å². The Bertz CT molecular complexity index is 395. The molecule has 0 spiro atoms. The van der Waals surface area contributed by atoms with Gasteiger partial charge in [0.1, 0.15) is 0 Å². The summed E-state index contributed by atoms with van der Waals surface area (Å²) >= 11 is 4.28. The molecular formula is C14H21NOS. The molecule has 1 rings (SSSR count). The van der Waals surface area contributed by atoms with Crippen LogP contribution in [-0.2, 0) is 0 Å². The molecule has 0 saturated heterocycles. The fourth-order valence-electron chi connectivity index (χ4n) is 1.31. The summed E-state index contributed by atoms with van der Waals surface area (Å²) in [7, 11) is 0. The highest BCUT2D eigenvalue weighted by Crippen LogP contribution is 2.24. The zero-order chi connectivity index (χ0) is 13.1. The van der Waals surface area contributed by atoms with E-state index in [-0.39, 0.29) is 11.3 Å². The zero-order valence-electron chi connectivity index (χ0n) is 10.9. The van der Waals surface area contributed by atoms with Crippen LogP contribution >= 0.6 is 12.6 Å². The van der Waals surface area contributed by atoms with E-state index in [1.54, 1.807) is 6.07 Å². The highest BCUT2D eigenvalue weighted by atomic mass is 32.1. The Morgan fingerprint density at radius 2 is 1.94 bits per heavy atom. The van der Waals surface area contributed by atoms with E-state index in [2.05, 4.69) is 45.6 Å². The van der Waals surface area contributed by atoms with Crippen LogP contribution < -0.4 is 5.32 Å². The third kappa shape index (κ3) is 4.08. The number of rotatable bonds is 3. The molecule has 1 N–H and O–H groups in total. The van der Waals surface area contributed by atoms with Crippen molar-refractivity contribution in [3.05, 3.63) is 29.8 Å². The molecule has 0 saturated carbocycles. The lowest BCUT2D eigenvalue weighted by Crippen LogP contribution is -2.33. The summed E-state index contributed by atoms with van der Waals surface area (Å²) in [5, 5.41) is 2.96. The van der Waals surface area contributed by atoms with Crippen LogP contribution in [0.5, 0.6) is 0 Å². The maximum Gasteiger partial charge on any atom is 0.252 e. The van der Waals surface area contributed by atoms with Crippen molar-refractivity contribution >= 4 is 18.5 Å². The summed E-state index contributed by atoms with van der Waals surface area (Å²) in [4.78, 5) is 12.7. The topological polar surface area (TPSA) is 29.1 Å². The average molecular weight is 251 g/mol. The molecular weight excluding hydrogens is 230 g/mol. The first kappa shape index (κ1) is 14.1. The Morgan fingerprint density at radius 3 is 2.47 bits per heavy atom. The van der Waals surface area contributed by atoms with Gasteiger partial charge in [0.05, 0.1) is 5.56 Å². The fourth-order valence-corrected chi connectivity index (χ4v) is 1.57. The van der Waals surface area contributed by atoms with Crippen molar-refractivity contribution in [2.45, 2.75) is 32.6 Å². The van der Waals surface area contributed by atoms with E-state index in [1.807, 2.05) is 18.2 Å². The van der Waals surface area contributed by atoms with Gasteiger partial charge in [-0.3, -0.25) is 4.79 Å². The van der Waals surface area contributed by atoms with Crippen molar-refractivity contribution in [2.24, 2.45) is 11.3 Å². The summed E-state index contributed by atoms with van der Waals surface area (Å²) in [6, 6.07) is 7.34. The molecule has 94 valence electrons. The van der Waals surface area contributed by atoms with Gasteiger partial charge in [-0.05, 0) is 23.5 Å². The first-order valence-corrected chi connectivity index (χ1v) is 6.33. The maximum absolute atomic E-state index is 11.9.